The first-order valence-corrected chi connectivity index (χ1v) is 7.03. The van der Waals surface area contributed by atoms with Crippen molar-refractivity contribution in [2.24, 2.45) is 10.9 Å². The van der Waals surface area contributed by atoms with Gasteiger partial charge in [0.2, 0.25) is 0 Å². The lowest BCUT2D eigenvalue weighted by molar-refractivity contribution is -0.146. The van der Waals surface area contributed by atoms with Gasteiger partial charge in [0.15, 0.2) is 5.78 Å². The predicted octanol–water partition coefficient (Wildman–Crippen LogP) is -0.0452. The van der Waals surface area contributed by atoms with Gasteiger partial charge in [-0.05, 0) is 12.5 Å². The highest BCUT2D eigenvalue weighted by Crippen LogP contribution is 2.25. The van der Waals surface area contributed by atoms with E-state index in [1.54, 1.807) is 29.2 Å². The van der Waals surface area contributed by atoms with E-state index in [2.05, 4.69) is 4.99 Å². The van der Waals surface area contributed by atoms with Gasteiger partial charge in [0.05, 0.1) is 16.8 Å². The topological polar surface area (TPSA) is 88.7 Å². The van der Waals surface area contributed by atoms with Crippen LogP contribution in [0.4, 0.5) is 0 Å². The van der Waals surface area contributed by atoms with Crippen molar-refractivity contribution in [3.8, 4) is 0 Å². The number of aromatic nitrogens is 1. The molecule has 3 rings (SSSR count). The molecule has 0 saturated heterocycles. The van der Waals surface area contributed by atoms with Gasteiger partial charge in [0.1, 0.15) is 0 Å². The molecule has 1 unspecified atom stereocenters. The largest absolute Gasteiger partial charge is 0.475 e. The third kappa shape index (κ3) is 1.95. The first-order chi connectivity index (χ1) is 10.6. The van der Waals surface area contributed by atoms with Crippen LogP contribution in [0.25, 0.3) is 17.3 Å². The van der Waals surface area contributed by atoms with Crippen LogP contribution in [0.1, 0.15) is 19.8 Å². The van der Waals surface area contributed by atoms with E-state index in [4.69, 9.17) is 5.11 Å². The molecule has 22 heavy (non-hydrogen) atoms. The first kappa shape index (κ1) is 14.2. The number of rotatable bonds is 4. The molecule has 0 saturated carbocycles. The predicted molar refractivity (Wildman–Crippen MR) is 80.4 cm³/mol. The number of aliphatic imine (C=N–C) groups is 1. The lowest BCUT2D eigenvalue weighted by Crippen LogP contribution is -2.45. The number of carbonyl (C=O) groups is 3. The maximum atomic E-state index is 12.7. The smallest absolute Gasteiger partial charge is 0.376 e. The van der Waals surface area contributed by atoms with Gasteiger partial charge in [-0.15, -0.1) is 0 Å². The van der Waals surface area contributed by atoms with Crippen molar-refractivity contribution >= 4 is 41.1 Å². The zero-order valence-electron chi connectivity index (χ0n) is 11.9. The van der Waals surface area contributed by atoms with E-state index >= 15 is 0 Å². The highest BCUT2D eigenvalue weighted by Gasteiger charge is 2.36. The van der Waals surface area contributed by atoms with Gasteiger partial charge >= 0.3 is 5.97 Å². The van der Waals surface area contributed by atoms with Crippen LogP contribution in [0, 0.1) is 5.92 Å². The Morgan fingerprint density at radius 2 is 2.18 bits per heavy atom. The monoisotopic (exact) mass is 298 g/mol. The van der Waals surface area contributed by atoms with Gasteiger partial charge in [-0.3, -0.25) is 14.6 Å². The second-order valence-corrected chi connectivity index (χ2v) is 5.23. The van der Waals surface area contributed by atoms with E-state index in [-0.39, 0.29) is 11.4 Å². The summed E-state index contributed by atoms with van der Waals surface area (Å²) in [7, 11) is 0. The molecule has 0 aromatic carbocycles. The van der Waals surface area contributed by atoms with Crippen LogP contribution in [0.3, 0.4) is 0 Å². The molecule has 0 amide bonds. The molecule has 1 N–H and O–H groups in total. The van der Waals surface area contributed by atoms with Crippen molar-refractivity contribution in [3.63, 3.8) is 0 Å². The van der Waals surface area contributed by atoms with Crippen LogP contribution in [0.2, 0.25) is 0 Å². The second kappa shape index (κ2) is 5.22. The van der Waals surface area contributed by atoms with E-state index in [1.165, 1.54) is 6.21 Å². The van der Waals surface area contributed by atoms with Crippen molar-refractivity contribution in [1.29, 1.82) is 0 Å². The van der Waals surface area contributed by atoms with Gasteiger partial charge < -0.3 is 9.67 Å². The Bertz CT molecular complexity index is 870. The highest BCUT2D eigenvalue weighted by molar-refractivity contribution is 6.52. The van der Waals surface area contributed by atoms with Crippen LogP contribution in [-0.2, 0) is 14.4 Å². The van der Waals surface area contributed by atoms with Gasteiger partial charge in [-0.1, -0.05) is 13.3 Å². The third-order valence-electron chi connectivity index (χ3n) is 3.92. The normalized spacial score (nSPS) is 19.1. The molecule has 0 fully saturated rings. The summed E-state index contributed by atoms with van der Waals surface area (Å²) >= 11 is 0. The number of hydrogen-bond acceptors (Lipinski definition) is 4. The number of Topliss-reactive ketones (excluding diaryl/α,β-unsaturated/α-hetero) is 2. The molecule has 2 heterocycles. The molecule has 0 bridgehead atoms. The number of hydrogen-bond donors (Lipinski definition) is 1. The number of carbonyl (C=O) groups excluding carboxylic acids is 2. The molecule has 1 aromatic heterocycles. The maximum Gasteiger partial charge on any atom is 0.376 e. The molecule has 0 radical (unpaired) electrons. The molecule has 6 nitrogen and oxygen atoms in total. The van der Waals surface area contributed by atoms with E-state index in [0.29, 0.717) is 29.0 Å². The fourth-order valence-corrected chi connectivity index (χ4v) is 3.01. The molecular formula is C16H14N2O4. The van der Waals surface area contributed by atoms with Crippen molar-refractivity contribution in [1.82, 2.24) is 4.57 Å². The minimum Gasteiger partial charge on any atom is -0.475 e. The molecule has 1 aliphatic carbocycles. The molecule has 1 atom stereocenters. The molecule has 2 aliphatic rings. The van der Waals surface area contributed by atoms with Gasteiger partial charge in [0.25, 0.3) is 5.78 Å². The Morgan fingerprint density at radius 1 is 1.41 bits per heavy atom. The summed E-state index contributed by atoms with van der Waals surface area (Å²) in [6.45, 7) is 1.89. The number of carboxylic acid groups (broad SMARTS) is 1. The number of aliphatic carboxylic acids is 1. The highest BCUT2D eigenvalue weighted by atomic mass is 16.4. The van der Waals surface area contributed by atoms with Crippen LogP contribution < -0.4 is 10.6 Å². The molecule has 0 spiro atoms. The molecule has 1 aromatic rings. The Kier molecular flexibility index (Phi) is 3.36. The second-order valence-electron chi connectivity index (χ2n) is 5.23. The number of carboxylic acids is 1. The Labute approximate surface area is 125 Å². The Morgan fingerprint density at radius 3 is 2.86 bits per heavy atom. The van der Waals surface area contributed by atoms with E-state index in [0.717, 1.165) is 0 Å². The zero-order valence-corrected chi connectivity index (χ0v) is 11.9. The van der Waals surface area contributed by atoms with Gasteiger partial charge in [0, 0.05) is 35.6 Å². The van der Waals surface area contributed by atoms with E-state index in [9.17, 15) is 14.4 Å². The molecule has 1 aliphatic heterocycles. The summed E-state index contributed by atoms with van der Waals surface area (Å²) in [5.41, 5.74) is 0.505. The summed E-state index contributed by atoms with van der Waals surface area (Å²) in [6, 6.07) is 1.68. The first-order valence-electron chi connectivity index (χ1n) is 7.03. The zero-order chi connectivity index (χ0) is 15.9. The van der Waals surface area contributed by atoms with E-state index in [1.807, 2.05) is 6.92 Å². The molecule has 112 valence electrons. The summed E-state index contributed by atoms with van der Waals surface area (Å²) < 4.78 is 1.69. The Balaban J connectivity index is 2.43. The summed E-state index contributed by atoms with van der Waals surface area (Å²) in [5, 5.41) is 10.1. The van der Waals surface area contributed by atoms with Crippen LogP contribution in [-0.4, -0.2) is 33.4 Å². The van der Waals surface area contributed by atoms with Gasteiger partial charge in [-0.25, -0.2) is 4.79 Å². The lowest BCUT2D eigenvalue weighted by atomic mass is 9.80. The quantitative estimate of drug-likeness (QED) is 0.790. The van der Waals surface area contributed by atoms with Crippen molar-refractivity contribution in [2.45, 2.75) is 19.8 Å². The van der Waals surface area contributed by atoms with Crippen molar-refractivity contribution < 1.29 is 19.5 Å². The van der Waals surface area contributed by atoms with Crippen molar-refractivity contribution in [2.75, 3.05) is 0 Å². The SMILES string of the molecule is CCCC1C(=O)C2=c3c(ccn3C=CN=C2)=C1C(=O)C(=O)O. The Hall–Kier alpha value is -2.76. The average molecular weight is 298 g/mol. The fraction of sp³-hybridized carbons (Fsp3) is 0.250. The van der Waals surface area contributed by atoms with Crippen LogP contribution >= 0.6 is 0 Å². The fourth-order valence-electron chi connectivity index (χ4n) is 3.01. The average Bonchev–Trinajstić information content (AvgIpc) is 2.77. The standard InChI is InChI=1S/C16H14N2O4/c1-2-3-10-12(15(20)16(21)22)9-4-6-18-7-5-17-8-11(13(9)18)14(10)19/h4-8,10H,2-3H2,1H3,(H,21,22). The molecule has 6 heteroatoms. The van der Waals surface area contributed by atoms with E-state index < -0.39 is 17.7 Å². The molecular weight excluding hydrogens is 284 g/mol. The van der Waals surface area contributed by atoms with Crippen molar-refractivity contribution in [3.05, 3.63) is 29.0 Å². The van der Waals surface area contributed by atoms with Crippen LogP contribution in [0.15, 0.2) is 23.5 Å². The number of nitrogens with zero attached hydrogens (tertiary/aromatic N) is 2. The van der Waals surface area contributed by atoms with Crippen LogP contribution in [0.5, 0.6) is 0 Å². The summed E-state index contributed by atoms with van der Waals surface area (Å²) in [5.74, 6) is -3.52. The maximum absolute atomic E-state index is 12.7. The summed E-state index contributed by atoms with van der Waals surface area (Å²) in [4.78, 5) is 40.1. The lowest BCUT2D eigenvalue weighted by Gasteiger charge is -2.20. The summed E-state index contributed by atoms with van der Waals surface area (Å²) in [6.07, 6.45) is 7.50. The van der Waals surface area contributed by atoms with Gasteiger partial charge in [-0.2, -0.15) is 0 Å². The third-order valence-corrected chi connectivity index (χ3v) is 3.92. The minimum absolute atomic E-state index is 0.0838. The number of ketones is 2. The minimum atomic E-state index is -1.54.